The maximum Gasteiger partial charge on any atom is 0.244 e. The molecule has 1 aliphatic heterocycles. The zero-order valence-corrected chi connectivity index (χ0v) is 20.3. The summed E-state index contributed by atoms with van der Waals surface area (Å²) in [5.41, 5.74) is 2.35. The number of pyridine rings is 1. The number of rotatable bonds is 8. The third-order valence-electron chi connectivity index (χ3n) is 6.06. The van der Waals surface area contributed by atoms with E-state index in [1.807, 2.05) is 17.5 Å². The van der Waals surface area contributed by atoms with Crippen molar-refractivity contribution in [1.82, 2.24) is 14.6 Å². The van der Waals surface area contributed by atoms with Crippen LogP contribution in [0.5, 0.6) is 0 Å². The summed E-state index contributed by atoms with van der Waals surface area (Å²) >= 11 is 1.62. The molecule has 1 fully saturated rings. The molecule has 0 bridgehead atoms. The summed E-state index contributed by atoms with van der Waals surface area (Å²) in [6, 6.07) is 15.5. The maximum atomic E-state index is 13.2. The largest absolute Gasteiger partial charge is 0.344 e. The number of carbonyl (C=O) groups excluding carboxylic acids is 1. The van der Waals surface area contributed by atoms with E-state index in [4.69, 9.17) is 0 Å². The van der Waals surface area contributed by atoms with E-state index in [-0.39, 0.29) is 22.8 Å². The van der Waals surface area contributed by atoms with E-state index in [2.05, 4.69) is 41.5 Å². The molecule has 8 heteroatoms. The number of amides is 1. The van der Waals surface area contributed by atoms with E-state index in [0.29, 0.717) is 25.9 Å². The molecule has 1 N–H and O–H groups in total. The average Bonchev–Trinajstić information content (AvgIpc) is 3.38. The van der Waals surface area contributed by atoms with Gasteiger partial charge in [0.15, 0.2) is 0 Å². The van der Waals surface area contributed by atoms with Crippen molar-refractivity contribution >= 4 is 27.3 Å². The lowest BCUT2D eigenvalue weighted by Gasteiger charge is -2.31. The second-order valence-corrected chi connectivity index (χ2v) is 11.2. The SMILES string of the molecule is CCCc1ccc(C(NC(=O)C2CCN(S(=O)(=O)c3cccnc3)CC2)c2cccs2)cc1. The summed E-state index contributed by atoms with van der Waals surface area (Å²) in [6.07, 6.45) is 6.05. The first kappa shape index (κ1) is 23.6. The normalized spacial score (nSPS) is 16.4. The van der Waals surface area contributed by atoms with Crippen LogP contribution in [0.3, 0.4) is 0 Å². The van der Waals surface area contributed by atoms with Crippen molar-refractivity contribution in [2.24, 2.45) is 5.92 Å². The Morgan fingerprint density at radius 1 is 1.15 bits per heavy atom. The Kier molecular flexibility index (Phi) is 7.57. The van der Waals surface area contributed by atoms with E-state index in [0.717, 1.165) is 23.3 Å². The minimum absolute atomic E-state index is 0.0236. The molecule has 1 aliphatic rings. The molecule has 174 valence electrons. The maximum absolute atomic E-state index is 13.2. The quantitative estimate of drug-likeness (QED) is 0.515. The highest BCUT2D eigenvalue weighted by Gasteiger charge is 2.33. The van der Waals surface area contributed by atoms with Crippen molar-refractivity contribution in [3.8, 4) is 0 Å². The number of nitrogens with zero attached hydrogens (tertiary/aromatic N) is 2. The summed E-state index contributed by atoms with van der Waals surface area (Å²) < 4.78 is 27.1. The molecule has 0 radical (unpaired) electrons. The molecule has 2 aromatic heterocycles. The fourth-order valence-electron chi connectivity index (χ4n) is 4.21. The van der Waals surface area contributed by atoms with Crippen molar-refractivity contribution in [1.29, 1.82) is 0 Å². The zero-order valence-electron chi connectivity index (χ0n) is 18.7. The number of aromatic nitrogens is 1. The van der Waals surface area contributed by atoms with Gasteiger partial charge < -0.3 is 5.32 Å². The second kappa shape index (κ2) is 10.6. The van der Waals surface area contributed by atoms with Gasteiger partial charge in [0.05, 0.1) is 6.04 Å². The number of hydrogen-bond acceptors (Lipinski definition) is 5. The molecule has 33 heavy (non-hydrogen) atoms. The van der Waals surface area contributed by atoms with Gasteiger partial charge in [-0.25, -0.2) is 8.42 Å². The monoisotopic (exact) mass is 483 g/mol. The highest BCUT2D eigenvalue weighted by Crippen LogP contribution is 2.29. The van der Waals surface area contributed by atoms with E-state index in [1.165, 1.54) is 16.1 Å². The Balaban J connectivity index is 1.43. The van der Waals surface area contributed by atoms with Gasteiger partial charge in [-0.3, -0.25) is 9.78 Å². The van der Waals surface area contributed by atoms with Crippen LogP contribution >= 0.6 is 11.3 Å². The van der Waals surface area contributed by atoms with E-state index in [9.17, 15) is 13.2 Å². The molecule has 1 amide bonds. The fourth-order valence-corrected chi connectivity index (χ4v) is 6.44. The Morgan fingerprint density at radius 2 is 1.91 bits per heavy atom. The van der Waals surface area contributed by atoms with E-state index < -0.39 is 10.0 Å². The molecular formula is C25H29N3O3S2. The number of hydrogen-bond donors (Lipinski definition) is 1. The molecule has 0 aliphatic carbocycles. The molecule has 3 heterocycles. The Bertz CT molecular complexity index is 1140. The lowest BCUT2D eigenvalue weighted by molar-refractivity contribution is -0.126. The number of thiophene rings is 1. The van der Waals surface area contributed by atoms with Crippen LogP contribution in [-0.2, 0) is 21.2 Å². The van der Waals surface area contributed by atoms with Crippen LogP contribution < -0.4 is 5.32 Å². The average molecular weight is 484 g/mol. The van der Waals surface area contributed by atoms with Gasteiger partial charge in [0, 0.05) is 36.3 Å². The van der Waals surface area contributed by atoms with Crippen molar-refractivity contribution < 1.29 is 13.2 Å². The van der Waals surface area contributed by atoms with Crippen LogP contribution in [0.2, 0.25) is 0 Å². The Labute approximate surface area is 199 Å². The minimum atomic E-state index is -3.58. The number of benzene rings is 1. The smallest absolute Gasteiger partial charge is 0.244 e. The summed E-state index contributed by atoms with van der Waals surface area (Å²) in [4.78, 5) is 18.4. The third-order valence-corrected chi connectivity index (χ3v) is 8.88. The Hall–Kier alpha value is -2.55. The van der Waals surface area contributed by atoms with Gasteiger partial charge in [0.25, 0.3) is 0 Å². The first-order chi connectivity index (χ1) is 16.0. The molecule has 1 aromatic carbocycles. The van der Waals surface area contributed by atoms with Crippen LogP contribution in [0.4, 0.5) is 0 Å². The predicted molar refractivity (Wildman–Crippen MR) is 130 cm³/mol. The van der Waals surface area contributed by atoms with Crippen molar-refractivity contribution in [2.45, 2.75) is 43.5 Å². The zero-order chi connectivity index (χ0) is 23.3. The lowest BCUT2D eigenvalue weighted by Crippen LogP contribution is -2.43. The molecule has 0 saturated carbocycles. The number of sulfonamides is 1. The number of aryl methyl sites for hydroxylation is 1. The van der Waals surface area contributed by atoms with Crippen LogP contribution in [-0.4, -0.2) is 36.7 Å². The number of nitrogens with one attached hydrogen (secondary N) is 1. The van der Waals surface area contributed by atoms with Gasteiger partial charge in [-0.2, -0.15) is 4.31 Å². The third kappa shape index (κ3) is 5.51. The first-order valence-corrected chi connectivity index (χ1v) is 13.6. The minimum Gasteiger partial charge on any atom is -0.344 e. The van der Waals surface area contributed by atoms with Crippen molar-refractivity contribution in [2.75, 3.05) is 13.1 Å². The summed E-state index contributed by atoms with van der Waals surface area (Å²) in [7, 11) is -3.58. The molecule has 1 saturated heterocycles. The Morgan fingerprint density at radius 3 is 2.52 bits per heavy atom. The van der Waals surface area contributed by atoms with Crippen LogP contribution in [0.25, 0.3) is 0 Å². The predicted octanol–water partition coefficient (Wildman–Crippen LogP) is 4.40. The molecule has 1 atom stereocenters. The van der Waals surface area contributed by atoms with E-state index in [1.54, 1.807) is 29.7 Å². The van der Waals surface area contributed by atoms with Crippen molar-refractivity contribution in [3.05, 3.63) is 82.3 Å². The van der Waals surface area contributed by atoms with Crippen LogP contribution in [0.1, 0.15) is 48.2 Å². The highest BCUT2D eigenvalue weighted by molar-refractivity contribution is 7.89. The van der Waals surface area contributed by atoms with Gasteiger partial charge in [0.1, 0.15) is 4.90 Å². The second-order valence-electron chi connectivity index (χ2n) is 8.32. The van der Waals surface area contributed by atoms with Crippen LogP contribution in [0.15, 0.2) is 71.2 Å². The van der Waals surface area contributed by atoms with E-state index >= 15 is 0 Å². The summed E-state index contributed by atoms with van der Waals surface area (Å²) in [5.74, 6) is -0.239. The molecule has 6 nitrogen and oxygen atoms in total. The molecule has 3 aromatic rings. The fraction of sp³-hybridized carbons (Fsp3) is 0.360. The van der Waals surface area contributed by atoms with Gasteiger partial charge in [0.2, 0.25) is 15.9 Å². The molecule has 1 unspecified atom stereocenters. The molecule has 0 spiro atoms. The number of carbonyl (C=O) groups is 1. The molecule has 4 rings (SSSR count). The topological polar surface area (TPSA) is 79.4 Å². The number of piperidine rings is 1. The van der Waals surface area contributed by atoms with Gasteiger partial charge in [-0.05, 0) is 54.0 Å². The lowest BCUT2D eigenvalue weighted by atomic mass is 9.95. The first-order valence-electron chi connectivity index (χ1n) is 11.3. The highest BCUT2D eigenvalue weighted by atomic mass is 32.2. The van der Waals surface area contributed by atoms with Crippen LogP contribution in [0, 0.1) is 5.92 Å². The standard InChI is InChI=1S/C25H29N3O3S2/c1-2-5-19-8-10-20(11-9-19)24(23-7-4-17-32-23)27-25(29)21-12-15-28(16-13-21)33(30,31)22-6-3-14-26-18-22/h3-4,6-11,14,17-18,21,24H,2,5,12-13,15-16H2,1H3,(H,27,29). The summed E-state index contributed by atoms with van der Waals surface area (Å²) in [6.45, 7) is 2.81. The van der Waals surface area contributed by atoms with Gasteiger partial charge >= 0.3 is 0 Å². The molecular weight excluding hydrogens is 454 g/mol. The van der Waals surface area contributed by atoms with Gasteiger partial charge in [-0.15, -0.1) is 11.3 Å². The van der Waals surface area contributed by atoms with Gasteiger partial charge in [-0.1, -0.05) is 43.7 Å². The van der Waals surface area contributed by atoms with Crippen molar-refractivity contribution in [3.63, 3.8) is 0 Å². The summed E-state index contributed by atoms with van der Waals surface area (Å²) in [5, 5.41) is 5.25.